The van der Waals surface area contributed by atoms with Gasteiger partial charge in [0.25, 0.3) is 0 Å². The predicted molar refractivity (Wildman–Crippen MR) is 75.5 cm³/mol. The summed E-state index contributed by atoms with van der Waals surface area (Å²) in [5, 5.41) is 3.60. The Bertz CT molecular complexity index is 370. The maximum absolute atomic E-state index is 11.6. The van der Waals surface area contributed by atoms with Gasteiger partial charge in [-0.25, -0.2) is 0 Å². The molecule has 4 heteroatoms. The van der Waals surface area contributed by atoms with Crippen molar-refractivity contribution in [2.45, 2.75) is 32.1 Å². The van der Waals surface area contributed by atoms with Crippen LogP contribution >= 0.6 is 23.4 Å². The summed E-state index contributed by atoms with van der Waals surface area (Å²) in [6, 6.07) is 7.49. The number of hydrogen-bond acceptors (Lipinski definition) is 2. The Hall–Kier alpha value is -0.670. The fraction of sp³-hybridized carbons (Fsp3) is 0.462. The van der Waals surface area contributed by atoms with Crippen LogP contribution in [0.3, 0.4) is 0 Å². The Morgan fingerprint density at radius 3 is 2.41 bits per heavy atom. The monoisotopic (exact) mass is 271 g/mol. The van der Waals surface area contributed by atoms with Crippen LogP contribution < -0.4 is 5.32 Å². The first-order chi connectivity index (χ1) is 7.87. The topological polar surface area (TPSA) is 29.1 Å². The van der Waals surface area contributed by atoms with Crippen molar-refractivity contribution in [3.8, 4) is 0 Å². The summed E-state index contributed by atoms with van der Waals surface area (Å²) in [5.41, 5.74) is 1.06. The van der Waals surface area contributed by atoms with Gasteiger partial charge in [-0.15, -0.1) is 11.8 Å². The highest BCUT2D eigenvalue weighted by molar-refractivity contribution is 8.01. The summed E-state index contributed by atoms with van der Waals surface area (Å²) in [7, 11) is 0. The number of benzene rings is 1. The van der Waals surface area contributed by atoms with Crippen molar-refractivity contribution in [2.24, 2.45) is 0 Å². The lowest BCUT2D eigenvalue weighted by Gasteiger charge is -2.16. The molecule has 0 saturated carbocycles. The zero-order chi connectivity index (χ0) is 12.9. The molecular weight excluding hydrogens is 254 g/mol. The lowest BCUT2D eigenvalue weighted by Crippen LogP contribution is -2.26. The Morgan fingerprint density at radius 2 is 1.88 bits per heavy atom. The van der Waals surface area contributed by atoms with Gasteiger partial charge in [-0.1, -0.05) is 44.5 Å². The first kappa shape index (κ1) is 14.4. The van der Waals surface area contributed by atoms with Crippen LogP contribution in [0.2, 0.25) is 5.02 Å². The number of nitrogens with one attached hydrogen (secondary N) is 1. The summed E-state index contributed by atoms with van der Waals surface area (Å²) < 4.78 is 0.123. The van der Waals surface area contributed by atoms with Crippen molar-refractivity contribution in [3.05, 3.63) is 34.9 Å². The highest BCUT2D eigenvalue weighted by atomic mass is 35.5. The zero-order valence-corrected chi connectivity index (χ0v) is 12.0. The molecule has 0 aliphatic rings. The molecule has 2 nitrogen and oxygen atoms in total. The maximum atomic E-state index is 11.6. The van der Waals surface area contributed by atoms with Crippen molar-refractivity contribution >= 4 is 29.3 Å². The second-order valence-electron chi connectivity index (χ2n) is 4.80. The van der Waals surface area contributed by atoms with E-state index in [2.05, 4.69) is 26.1 Å². The number of halogens is 1. The van der Waals surface area contributed by atoms with Gasteiger partial charge in [-0.2, -0.15) is 0 Å². The molecule has 0 bridgehead atoms. The molecule has 17 heavy (non-hydrogen) atoms. The molecule has 0 unspecified atom stereocenters. The third-order valence-corrected chi connectivity index (χ3v) is 3.56. The second kappa shape index (κ2) is 6.31. The molecule has 0 radical (unpaired) electrons. The van der Waals surface area contributed by atoms with Crippen molar-refractivity contribution < 1.29 is 4.79 Å². The lowest BCUT2D eigenvalue weighted by atomic mass is 10.2. The number of hydrogen-bond donors (Lipinski definition) is 1. The van der Waals surface area contributed by atoms with E-state index < -0.39 is 0 Å². The summed E-state index contributed by atoms with van der Waals surface area (Å²) in [5.74, 6) is 0.566. The van der Waals surface area contributed by atoms with E-state index in [0.29, 0.717) is 17.3 Å². The Kier molecular flexibility index (Phi) is 5.34. The van der Waals surface area contributed by atoms with Crippen LogP contribution in [0.4, 0.5) is 0 Å². The van der Waals surface area contributed by atoms with Gasteiger partial charge in [0.1, 0.15) is 0 Å². The van der Waals surface area contributed by atoms with Crippen molar-refractivity contribution in [1.82, 2.24) is 5.32 Å². The van der Waals surface area contributed by atoms with Gasteiger partial charge in [-0.3, -0.25) is 4.79 Å². The number of rotatable bonds is 4. The minimum atomic E-state index is 0.0693. The van der Waals surface area contributed by atoms with Crippen molar-refractivity contribution in [1.29, 1.82) is 0 Å². The van der Waals surface area contributed by atoms with Gasteiger partial charge in [0.05, 0.1) is 5.75 Å². The molecule has 0 aliphatic heterocycles. The van der Waals surface area contributed by atoms with Crippen LogP contribution in [0.25, 0.3) is 0 Å². The normalized spacial score (nSPS) is 11.3. The van der Waals surface area contributed by atoms with E-state index in [-0.39, 0.29) is 10.7 Å². The minimum Gasteiger partial charge on any atom is -0.351 e. The molecule has 0 aromatic heterocycles. The van der Waals surface area contributed by atoms with Crippen LogP contribution in [0.15, 0.2) is 24.3 Å². The molecule has 1 N–H and O–H groups in total. The van der Waals surface area contributed by atoms with E-state index in [1.165, 1.54) is 0 Å². The van der Waals surface area contributed by atoms with Gasteiger partial charge in [0, 0.05) is 16.3 Å². The van der Waals surface area contributed by atoms with Crippen LogP contribution in [0.1, 0.15) is 26.3 Å². The summed E-state index contributed by atoms with van der Waals surface area (Å²) >= 11 is 7.43. The third kappa shape index (κ3) is 6.59. The maximum Gasteiger partial charge on any atom is 0.230 e. The van der Waals surface area contributed by atoms with Gasteiger partial charge < -0.3 is 5.32 Å². The molecule has 1 rings (SSSR count). The SMILES string of the molecule is CC(C)(C)SCC(=O)NCc1ccc(Cl)cc1. The van der Waals surface area contributed by atoms with Gasteiger partial charge >= 0.3 is 0 Å². The minimum absolute atomic E-state index is 0.0693. The smallest absolute Gasteiger partial charge is 0.230 e. The largest absolute Gasteiger partial charge is 0.351 e. The standard InChI is InChI=1S/C13H18ClNOS/c1-13(2,3)17-9-12(16)15-8-10-4-6-11(14)7-5-10/h4-7H,8-9H2,1-3H3,(H,15,16). The van der Waals surface area contributed by atoms with Crippen LogP contribution in [0, 0.1) is 0 Å². The van der Waals surface area contributed by atoms with Gasteiger partial charge in [0.15, 0.2) is 0 Å². The number of carbonyl (C=O) groups is 1. The molecule has 0 saturated heterocycles. The fourth-order valence-electron chi connectivity index (χ4n) is 1.14. The Morgan fingerprint density at radius 1 is 1.29 bits per heavy atom. The quantitative estimate of drug-likeness (QED) is 0.908. The van der Waals surface area contributed by atoms with E-state index in [0.717, 1.165) is 5.56 Å². The molecule has 1 aromatic rings. The van der Waals surface area contributed by atoms with Crippen LogP contribution in [-0.4, -0.2) is 16.4 Å². The average Bonchev–Trinajstić information content (AvgIpc) is 2.25. The van der Waals surface area contributed by atoms with Crippen molar-refractivity contribution in [3.63, 3.8) is 0 Å². The average molecular weight is 272 g/mol. The first-order valence-electron chi connectivity index (χ1n) is 5.52. The molecular formula is C13H18ClNOS. The van der Waals surface area contributed by atoms with Crippen molar-refractivity contribution in [2.75, 3.05) is 5.75 Å². The van der Waals surface area contributed by atoms with E-state index in [4.69, 9.17) is 11.6 Å². The molecule has 0 atom stereocenters. The lowest BCUT2D eigenvalue weighted by molar-refractivity contribution is -0.118. The summed E-state index contributed by atoms with van der Waals surface area (Å²) in [6.07, 6.45) is 0. The highest BCUT2D eigenvalue weighted by Crippen LogP contribution is 2.22. The van der Waals surface area contributed by atoms with Gasteiger partial charge in [0.2, 0.25) is 5.91 Å². The zero-order valence-electron chi connectivity index (χ0n) is 10.4. The van der Waals surface area contributed by atoms with Gasteiger partial charge in [-0.05, 0) is 17.7 Å². The highest BCUT2D eigenvalue weighted by Gasteiger charge is 2.12. The van der Waals surface area contributed by atoms with E-state index >= 15 is 0 Å². The molecule has 0 fully saturated rings. The summed E-state index contributed by atoms with van der Waals surface area (Å²) in [4.78, 5) is 11.6. The van der Waals surface area contributed by atoms with E-state index in [9.17, 15) is 4.79 Å². The first-order valence-corrected chi connectivity index (χ1v) is 6.88. The van der Waals surface area contributed by atoms with E-state index in [1.54, 1.807) is 11.8 Å². The number of amides is 1. The third-order valence-electron chi connectivity index (χ3n) is 2.04. The fourth-order valence-corrected chi connectivity index (χ4v) is 1.93. The Balaban J connectivity index is 2.31. The Labute approximate surface area is 112 Å². The molecule has 0 aliphatic carbocycles. The predicted octanol–water partition coefficient (Wildman–Crippen LogP) is 3.49. The van der Waals surface area contributed by atoms with E-state index in [1.807, 2.05) is 24.3 Å². The molecule has 0 heterocycles. The second-order valence-corrected chi connectivity index (χ2v) is 7.04. The number of thioether (sulfide) groups is 1. The van der Waals surface area contributed by atoms with Crippen LogP contribution in [0.5, 0.6) is 0 Å². The summed E-state index contributed by atoms with van der Waals surface area (Å²) in [6.45, 7) is 6.86. The molecule has 94 valence electrons. The molecule has 0 spiro atoms. The van der Waals surface area contributed by atoms with Crippen LogP contribution in [-0.2, 0) is 11.3 Å². The number of carbonyl (C=O) groups excluding carboxylic acids is 1. The molecule has 1 amide bonds. The molecule has 1 aromatic carbocycles.